The number of imidazole rings is 1. The zero-order valence-electron chi connectivity index (χ0n) is 16.5. The molecule has 142 valence electrons. The molecule has 5 heteroatoms. The molecule has 0 saturated carbocycles. The van der Waals surface area contributed by atoms with Crippen LogP contribution in [0.4, 0.5) is 0 Å². The molecule has 0 radical (unpaired) electrons. The molecular weight excluding hydrogens is 340 g/mol. The predicted molar refractivity (Wildman–Crippen MR) is 105 cm³/mol. The molecule has 27 heavy (non-hydrogen) atoms. The third-order valence-electron chi connectivity index (χ3n) is 4.77. The molecule has 0 bridgehead atoms. The van der Waals surface area contributed by atoms with E-state index in [-0.39, 0.29) is 5.97 Å². The highest BCUT2D eigenvalue weighted by atomic mass is 16.5. The van der Waals surface area contributed by atoms with Crippen LogP contribution in [-0.4, -0.2) is 23.8 Å². The van der Waals surface area contributed by atoms with Crippen LogP contribution in [0.15, 0.2) is 42.5 Å². The first-order valence-electron chi connectivity index (χ1n) is 9.44. The highest BCUT2D eigenvalue weighted by Crippen LogP contribution is 2.18. The number of carbonyl (C=O) groups excluding carboxylic acids is 1. The Kier molecular flexibility index (Phi) is 5.79. The summed E-state index contributed by atoms with van der Waals surface area (Å²) in [5.41, 5.74) is 3.92. The first-order valence-corrected chi connectivity index (χ1v) is 9.44. The largest absolute Gasteiger partial charge is 0.489 e. The molecule has 0 amide bonds. The maximum atomic E-state index is 12.1. The molecule has 3 aromatic rings. The number of carbonyl (C=O) groups is 1. The minimum absolute atomic E-state index is 0.288. The van der Waals surface area contributed by atoms with Crippen molar-refractivity contribution in [2.75, 3.05) is 13.2 Å². The van der Waals surface area contributed by atoms with Gasteiger partial charge in [-0.05, 0) is 45.0 Å². The van der Waals surface area contributed by atoms with Crippen LogP contribution < -0.4 is 9.30 Å². The maximum Gasteiger partial charge on any atom is 0.338 e. The quantitative estimate of drug-likeness (QED) is 0.471. The number of esters is 1. The molecule has 0 atom stereocenters. The summed E-state index contributed by atoms with van der Waals surface area (Å²) in [6.07, 6.45) is 0. The second-order valence-corrected chi connectivity index (χ2v) is 6.53. The van der Waals surface area contributed by atoms with Gasteiger partial charge in [-0.2, -0.15) is 0 Å². The Morgan fingerprint density at radius 1 is 1.07 bits per heavy atom. The number of hydrogen-bond donors (Lipinski definition) is 0. The Morgan fingerprint density at radius 2 is 1.81 bits per heavy atom. The Morgan fingerprint density at radius 3 is 2.48 bits per heavy atom. The summed E-state index contributed by atoms with van der Waals surface area (Å²) >= 11 is 0. The third kappa shape index (κ3) is 3.97. The van der Waals surface area contributed by atoms with Gasteiger partial charge in [-0.25, -0.2) is 13.9 Å². The van der Waals surface area contributed by atoms with Gasteiger partial charge in [0.15, 0.2) is 11.0 Å². The molecular formula is C22H27N2O3+. The van der Waals surface area contributed by atoms with Gasteiger partial charge in [0.25, 0.3) is 5.82 Å². The second-order valence-electron chi connectivity index (χ2n) is 6.53. The molecule has 1 heterocycles. The van der Waals surface area contributed by atoms with E-state index in [4.69, 9.17) is 9.47 Å². The van der Waals surface area contributed by atoms with Crippen LogP contribution in [0.1, 0.15) is 35.6 Å². The lowest BCUT2D eigenvalue weighted by Gasteiger charge is -2.06. The zero-order valence-corrected chi connectivity index (χ0v) is 16.5. The molecule has 0 unspecified atom stereocenters. The lowest BCUT2D eigenvalue weighted by Crippen LogP contribution is -2.35. The van der Waals surface area contributed by atoms with E-state index in [1.165, 1.54) is 5.56 Å². The summed E-state index contributed by atoms with van der Waals surface area (Å²) < 4.78 is 15.5. The van der Waals surface area contributed by atoms with Crippen LogP contribution in [0.2, 0.25) is 0 Å². The van der Waals surface area contributed by atoms with E-state index in [0.29, 0.717) is 25.3 Å². The number of ether oxygens (including phenoxy) is 2. The van der Waals surface area contributed by atoms with Crippen molar-refractivity contribution in [3.8, 4) is 5.75 Å². The fourth-order valence-corrected chi connectivity index (χ4v) is 3.37. The molecule has 0 fully saturated rings. The van der Waals surface area contributed by atoms with E-state index in [0.717, 1.165) is 29.2 Å². The lowest BCUT2D eigenvalue weighted by atomic mass is 10.2. The van der Waals surface area contributed by atoms with E-state index in [2.05, 4.69) is 29.9 Å². The van der Waals surface area contributed by atoms with Crippen molar-refractivity contribution in [1.29, 1.82) is 0 Å². The molecule has 3 rings (SSSR count). The smallest absolute Gasteiger partial charge is 0.338 e. The third-order valence-corrected chi connectivity index (χ3v) is 4.77. The van der Waals surface area contributed by atoms with Gasteiger partial charge in [-0.3, -0.25) is 0 Å². The van der Waals surface area contributed by atoms with Gasteiger partial charge in [-0.15, -0.1) is 0 Å². The van der Waals surface area contributed by atoms with Crippen molar-refractivity contribution in [2.45, 2.75) is 40.8 Å². The fraction of sp³-hybridized carbons (Fsp3) is 0.364. The summed E-state index contributed by atoms with van der Waals surface area (Å²) in [5, 5.41) is 0. The van der Waals surface area contributed by atoms with E-state index >= 15 is 0 Å². The Bertz CT molecular complexity index is 942. The van der Waals surface area contributed by atoms with Gasteiger partial charge >= 0.3 is 5.97 Å². The fourth-order valence-electron chi connectivity index (χ4n) is 3.37. The molecule has 2 aromatic carbocycles. The van der Waals surface area contributed by atoms with Crippen molar-refractivity contribution >= 4 is 17.0 Å². The normalized spacial score (nSPS) is 11.0. The number of fused-ring (bicyclic) bond motifs is 1. The van der Waals surface area contributed by atoms with Gasteiger partial charge in [0.2, 0.25) is 0 Å². The van der Waals surface area contributed by atoms with Crippen LogP contribution >= 0.6 is 0 Å². The van der Waals surface area contributed by atoms with E-state index in [1.54, 1.807) is 0 Å². The molecule has 0 spiro atoms. The average Bonchev–Trinajstić information content (AvgIpc) is 2.94. The molecule has 1 aromatic heterocycles. The van der Waals surface area contributed by atoms with Gasteiger partial charge in [0.1, 0.15) is 18.9 Å². The minimum atomic E-state index is -0.288. The van der Waals surface area contributed by atoms with E-state index < -0.39 is 0 Å². The zero-order chi connectivity index (χ0) is 19.4. The van der Waals surface area contributed by atoms with Crippen molar-refractivity contribution in [2.24, 2.45) is 0 Å². The number of benzene rings is 2. The summed E-state index contributed by atoms with van der Waals surface area (Å²) in [7, 11) is 0. The summed E-state index contributed by atoms with van der Waals surface area (Å²) in [5.74, 6) is 1.72. The van der Waals surface area contributed by atoms with Crippen LogP contribution in [0.25, 0.3) is 11.0 Å². The number of nitrogens with zero attached hydrogens (tertiary/aromatic N) is 2. The SMILES string of the molecule is CCOC(=O)c1ccc2c(c1)n(CCOc1ccc(C)cc1)c(C)[n+]2CC. The van der Waals surface area contributed by atoms with Gasteiger partial charge in [0.05, 0.1) is 18.7 Å². The maximum absolute atomic E-state index is 12.1. The van der Waals surface area contributed by atoms with Crippen LogP contribution in [0.5, 0.6) is 5.75 Å². The van der Waals surface area contributed by atoms with Crippen molar-refractivity contribution in [3.05, 3.63) is 59.4 Å². The lowest BCUT2D eigenvalue weighted by molar-refractivity contribution is -0.675. The number of aromatic nitrogens is 2. The molecule has 0 saturated heterocycles. The minimum Gasteiger partial charge on any atom is -0.489 e. The Hall–Kier alpha value is -2.82. The summed E-state index contributed by atoms with van der Waals surface area (Å²) in [4.78, 5) is 12.1. The average molecular weight is 367 g/mol. The van der Waals surface area contributed by atoms with E-state index in [9.17, 15) is 4.79 Å². The highest BCUT2D eigenvalue weighted by molar-refractivity contribution is 5.93. The van der Waals surface area contributed by atoms with Crippen molar-refractivity contribution < 1.29 is 18.8 Å². The van der Waals surface area contributed by atoms with Crippen molar-refractivity contribution in [3.63, 3.8) is 0 Å². The van der Waals surface area contributed by atoms with Crippen LogP contribution in [0.3, 0.4) is 0 Å². The van der Waals surface area contributed by atoms with E-state index in [1.807, 2.05) is 49.4 Å². The summed E-state index contributed by atoms with van der Waals surface area (Å²) in [6, 6.07) is 13.8. The first kappa shape index (κ1) is 19.0. The number of rotatable bonds is 7. The summed E-state index contributed by atoms with van der Waals surface area (Å²) in [6.45, 7) is 10.6. The van der Waals surface area contributed by atoms with Gasteiger partial charge in [0, 0.05) is 13.0 Å². The van der Waals surface area contributed by atoms with Crippen LogP contribution in [0, 0.1) is 13.8 Å². The molecule has 0 aliphatic rings. The topological polar surface area (TPSA) is 44.3 Å². The standard InChI is InChI=1S/C22H27N2O3/c1-5-23-17(4)24(13-14-27-19-10-7-16(3)8-11-19)21-15-18(9-12-20(21)23)22(25)26-6-2/h7-12,15H,5-6,13-14H2,1-4H3/q+1. The van der Waals surface area contributed by atoms with Gasteiger partial charge in [-0.1, -0.05) is 17.7 Å². The van der Waals surface area contributed by atoms with Crippen molar-refractivity contribution in [1.82, 2.24) is 4.57 Å². The predicted octanol–water partition coefficient (Wildman–Crippen LogP) is 3.82. The first-order chi connectivity index (χ1) is 13.0. The second kappa shape index (κ2) is 8.25. The Balaban J connectivity index is 1.87. The number of aryl methyl sites for hydroxylation is 2. The Labute approximate surface area is 160 Å². The number of hydrogen-bond acceptors (Lipinski definition) is 3. The molecule has 5 nitrogen and oxygen atoms in total. The molecule has 0 aliphatic carbocycles. The molecule has 0 aliphatic heterocycles. The van der Waals surface area contributed by atoms with Gasteiger partial charge < -0.3 is 9.47 Å². The monoisotopic (exact) mass is 367 g/mol. The van der Waals surface area contributed by atoms with Crippen LogP contribution in [-0.2, 0) is 17.8 Å². The molecule has 0 N–H and O–H groups in total. The highest BCUT2D eigenvalue weighted by Gasteiger charge is 2.22.